The van der Waals surface area contributed by atoms with Gasteiger partial charge in [0, 0.05) is 12.3 Å². The Hall–Kier alpha value is -2.88. The third kappa shape index (κ3) is 3.27. The van der Waals surface area contributed by atoms with E-state index < -0.39 is 11.5 Å². The molecule has 4 heteroatoms. The summed E-state index contributed by atoms with van der Waals surface area (Å²) in [6, 6.07) is 14.7. The van der Waals surface area contributed by atoms with Gasteiger partial charge in [0.15, 0.2) is 0 Å². The van der Waals surface area contributed by atoms with Crippen LogP contribution in [0.5, 0.6) is 5.75 Å². The standard InChI is InChI=1S/C22H22O4/c1-13(2)16-10-7-11-18-19(16)21(24)20(22(25)26-18)17(12-14(3)23)15-8-5-4-6-9-15/h4-11,13,17,24H,12H2,1-3H3. The Balaban J connectivity index is 2.33. The summed E-state index contributed by atoms with van der Waals surface area (Å²) >= 11 is 0. The second-order valence-corrected chi connectivity index (χ2v) is 6.90. The van der Waals surface area contributed by atoms with Crippen LogP contribution < -0.4 is 5.63 Å². The van der Waals surface area contributed by atoms with E-state index in [4.69, 9.17) is 4.42 Å². The maximum Gasteiger partial charge on any atom is 0.343 e. The maximum absolute atomic E-state index is 12.7. The summed E-state index contributed by atoms with van der Waals surface area (Å²) in [7, 11) is 0. The van der Waals surface area contributed by atoms with Gasteiger partial charge >= 0.3 is 5.63 Å². The quantitative estimate of drug-likeness (QED) is 0.675. The molecule has 1 unspecified atom stereocenters. The van der Waals surface area contributed by atoms with Crippen molar-refractivity contribution in [2.24, 2.45) is 0 Å². The van der Waals surface area contributed by atoms with Crippen molar-refractivity contribution in [3.8, 4) is 5.75 Å². The zero-order chi connectivity index (χ0) is 18.8. The van der Waals surface area contributed by atoms with Crippen LogP contribution in [0.25, 0.3) is 11.0 Å². The molecule has 1 N–H and O–H groups in total. The summed E-state index contributed by atoms with van der Waals surface area (Å²) in [5.74, 6) is -0.548. The third-order valence-electron chi connectivity index (χ3n) is 4.64. The van der Waals surface area contributed by atoms with Gasteiger partial charge in [0.05, 0.1) is 10.9 Å². The molecule has 3 aromatic rings. The Labute approximate surface area is 152 Å². The van der Waals surface area contributed by atoms with E-state index in [1.165, 1.54) is 6.92 Å². The molecule has 0 bridgehead atoms. The normalized spacial score (nSPS) is 12.5. The van der Waals surface area contributed by atoms with Gasteiger partial charge in [-0.05, 0) is 30.0 Å². The second kappa shape index (κ2) is 7.16. The van der Waals surface area contributed by atoms with Crippen molar-refractivity contribution in [3.05, 3.63) is 75.6 Å². The molecular weight excluding hydrogens is 328 g/mol. The van der Waals surface area contributed by atoms with Crippen LogP contribution in [0.3, 0.4) is 0 Å². The van der Waals surface area contributed by atoms with Crippen LogP contribution in [0.2, 0.25) is 0 Å². The summed E-state index contributed by atoms with van der Waals surface area (Å²) in [5.41, 5.74) is 1.60. The number of ketones is 1. The molecular formula is C22H22O4. The molecule has 4 nitrogen and oxygen atoms in total. The van der Waals surface area contributed by atoms with E-state index in [1.807, 2.05) is 56.3 Å². The van der Waals surface area contributed by atoms with Gasteiger partial charge < -0.3 is 9.52 Å². The molecule has 0 aliphatic rings. The first-order chi connectivity index (χ1) is 12.4. The molecule has 1 heterocycles. The molecule has 134 valence electrons. The Morgan fingerprint density at radius 1 is 1.08 bits per heavy atom. The van der Waals surface area contributed by atoms with E-state index in [2.05, 4.69) is 0 Å². The highest BCUT2D eigenvalue weighted by Crippen LogP contribution is 2.39. The highest BCUT2D eigenvalue weighted by molar-refractivity contribution is 5.88. The van der Waals surface area contributed by atoms with Crippen LogP contribution in [0.4, 0.5) is 0 Å². The van der Waals surface area contributed by atoms with Crippen LogP contribution in [-0.2, 0) is 4.79 Å². The Morgan fingerprint density at radius 3 is 2.38 bits per heavy atom. The number of Topliss-reactive ketones (excluding diaryl/α,β-unsaturated/α-hetero) is 1. The zero-order valence-electron chi connectivity index (χ0n) is 15.2. The molecule has 3 rings (SSSR count). The molecule has 0 saturated carbocycles. The minimum absolute atomic E-state index is 0.0603. The monoisotopic (exact) mass is 350 g/mol. The van der Waals surface area contributed by atoms with Gasteiger partial charge in [0.2, 0.25) is 0 Å². The topological polar surface area (TPSA) is 67.5 Å². The minimum atomic E-state index is -0.606. The summed E-state index contributed by atoms with van der Waals surface area (Å²) < 4.78 is 5.52. The van der Waals surface area contributed by atoms with Crippen molar-refractivity contribution in [1.82, 2.24) is 0 Å². The van der Waals surface area contributed by atoms with Crippen LogP contribution in [0, 0.1) is 0 Å². The van der Waals surface area contributed by atoms with E-state index in [1.54, 1.807) is 6.07 Å². The molecule has 0 radical (unpaired) electrons. The number of aromatic hydroxyl groups is 1. The summed E-state index contributed by atoms with van der Waals surface area (Å²) in [6.45, 7) is 5.52. The van der Waals surface area contributed by atoms with Gasteiger partial charge in [-0.15, -0.1) is 0 Å². The van der Waals surface area contributed by atoms with Gasteiger partial charge in [-0.25, -0.2) is 4.79 Å². The van der Waals surface area contributed by atoms with Crippen LogP contribution >= 0.6 is 0 Å². The number of carbonyl (C=O) groups excluding carboxylic acids is 1. The lowest BCUT2D eigenvalue weighted by Crippen LogP contribution is -2.17. The van der Waals surface area contributed by atoms with Gasteiger partial charge in [-0.3, -0.25) is 4.79 Å². The third-order valence-corrected chi connectivity index (χ3v) is 4.64. The lowest BCUT2D eigenvalue weighted by atomic mass is 9.86. The molecule has 0 aliphatic heterocycles. The molecule has 1 aromatic heterocycles. The van der Waals surface area contributed by atoms with Gasteiger partial charge in [-0.1, -0.05) is 56.3 Å². The fourth-order valence-electron chi connectivity index (χ4n) is 3.42. The van der Waals surface area contributed by atoms with E-state index in [9.17, 15) is 14.7 Å². The van der Waals surface area contributed by atoms with E-state index in [0.717, 1.165) is 11.1 Å². The Bertz CT molecular complexity index is 1000. The first-order valence-electron chi connectivity index (χ1n) is 8.73. The van der Waals surface area contributed by atoms with Gasteiger partial charge in [0.1, 0.15) is 17.1 Å². The summed E-state index contributed by atoms with van der Waals surface area (Å²) in [6.07, 6.45) is 0.123. The highest BCUT2D eigenvalue weighted by Gasteiger charge is 2.27. The molecule has 1 atom stereocenters. The molecule has 2 aromatic carbocycles. The summed E-state index contributed by atoms with van der Waals surface area (Å²) in [4.78, 5) is 24.5. The van der Waals surface area contributed by atoms with Gasteiger partial charge in [-0.2, -0.15) is 0 Å². The Kier molecular flexibility index (Phi) is 4.94. The lowest BCUT2D eigenvalue weighted by molar-refractivity contribution is -0.117. The van der Waals surface area contributed by atoms with Crippen molar-refractivity contribution >= 4 is 16.8 Å². The van der Waals surface area contributed by atoms with E-state index >= 15 is 0 Å². The minimum Gasteiger partial charge on any atom is -0.507 e. The zero-order valence-corrected chi connectivity index (χ0v) is 15.2. The predicted octanol–water partition coefficient (Wildman–Crippen LogP) is 4.73. The van der Waals surface area contributed by atoms with Crippen molar-refractivity contribution in [2.45, 2.75) is 39.0 Å². The van der Waals surface area contributed by atoms with E-state index in [-0.39, 0.29) is 29.4 Å². The lowest BCUT2D eigenvalue weighted by Gasteiger charge is -2.19. The van der Waals surface area contributed by atoms with Crippen molar-refractivity contribution in [2.75, 3.05) is 0 Å². The first kappa shape index (κ1) is 17.9. The molecule has 0 spiro atoms. The number of hydrogen-bond acceptors (Lipinski definition) is 4. The average Bonchev–Trinajstić information content (AvgIpc) is 2.60. The Morgan fingerprint density at radius 2 is 1.77 bits per heavy atom. The number of hydrogen-bond donors (Lipinski definition) is 1. The van der Waals surface area contributed by atoms with Crippen molar-refractivity contribution in [1.29, 1.82) is 0 Å². The second-order valence-electron chi connectivity index (χ2n) is 6.90. The fraction of sp³-hybridized carbons (Fsp3) is 0.273. The maximum atomic E-state index is 12.7. The average molecular weight is 350 g/mol. The highest BCUT2D eigenvalue weighted by atomic mass is 16.4. The number of benzene rings is 2. The van der Waals surface area contributed by atoms with Crippen LogP contribution in [0.1, 0.15) is 55.7 Å². The predicted molar refractivity (Wildman–Crippen MR) is 102 cm³/mol. The van der Waals surface area contributed by atoms with E-state index in [0.29, 0.717) is 11.0 Å². The molecule has 0 saturated heterocycles. The van der Waals surface area contributed by atoms with Crippen LogP contribution in [-0.4, -0.2) is 10.9 Å². The number of carbonyl (C=O) groups is 1. The van der Waals surface area contributed by atoms with Crippen molar-refractivity contribution < 1.29 is 14.3 Å². The van der Waals surface area contributed by atoms with Gasteiger partial charge in [0.25, 0.3) is 0 Å². The number of fused-ring (bicyclic) bond motifs is 1. The fourth-order valence-corrected chi connectivity index (χ4v) is 3.42. The molecule has 0 fully saturated rings. The molecule has 26 heavy (non-hydrogen) atoms. The molecule has 0 aliphatic carbocycles. The number of rotatable bonds is 5. The molecule has 0 amide bonds. The van der Waals surface area contributed by atoms with Crippen LogP contribution in [0.15, 0.2) is 57.7 Å². The largest absolute Gasteiger partial charge is 0.507 e. The van der Waals surface area contributed by atoms with Crippen molar-refractivity contribution in [3.63, 3.8) is 0 Å². The first-order valence-corrected chi connectivity index (χ1v) is 8.73. The summed E-state index contributed by atoms with van der Waals surface area (Å²) in [5, 5.41) is 11.6. The smallest absolute Gasteiger partial charge is 0.343 e. The SMILES string of the molecule is CC(=O)CC(c1ccccc1)c1c(O)c2c(C(C)C)cccc2oc1=O.